The third-order valence-electron chi connectivity index (χ3n) is 6.08. The summed E-state index contributed by atoms with van der Waals surface area (Å²) in [6.45, 7) is 1.20. The van der Waals surface area contributed by atoms with Gasteiger partial charge in [0.05, 0.1) is 5.56 Å². The number of amides is 1. The molecule has 7 nitrogen and oxygen atoms in total. The predicted octanol–water partition coefficient (Wildman–Crippen LogP) is 4.75. The van der Waals surface area contributed by atoms with Crippen molar-refractivity contribution in [2.75, 3.05) is 18.0 Å². The summed E-state index contributed by atoms with van der Waals surface area (Å²) in [6.07, 6.45) is 2.83. The van der Waals surface area contributed by atoms with Gasteiger partial charge in [0.15, 0.2) is 0 Å². The summed E-state index contributed by atoms with van der Waals surface area (Å²) < 4.78 is 45.8. The van der Waals surface area contributed by atoms with Crippen LogP contribution in [0.25, 0.3) is 22.8 Å². The van der Waals surface area contributed by atoms with Crippen molar-refractivity contribution in [3.05, 3.63) is 83.8 Å². The minimum Gasteiger partial charge on any atom is -0.356 e. The van der Waals surface area contributed by atoms with E-state index in [0.717, 1.165) is 6.07 Å². The SMILES string of the molecule is O=C(NCc1cc(F)cc(F)c1)C1CCN(c2ncccc2-c2nc(-c3cccc(F)c3)no2)CC1. The standard InChI is InChI=1S/C26H22F3N5O2/c27-19-4-1-3-18(13-19)23-32-26(36-33-23)22-5-2-8-30-24(22)34-9-6-17(7-10-34)25(35)31-15-16-11-20(28)14-21(29)12-16/h1-5,8,11-14,17H,6-7,9-10,15H2,(H,31,35). The molecule has 0 bridgehead atoms. The van der Waals surface area contributed by atoms with Gasteiger partial charge >= 0.3 is 0 Å². The highest BCUT2D eigenvalue weighted by molar-refractivity contribution is 5.79. The zero-order valence-electron chi connectivity index (χ0n) is 19.1. The minimum atomic E-state index is -0.678. The number of aromatic nitrogens is 3. The maximum absolute atomic E-state index is 13.6. The number of carbonyl (C=O) groups excluding carboxylic acids is 1. The Hall–Kier alpha value is -4.21. The number of nitrogens with one attached hydrogen (secondary N) is 1. The zero-order valence-corrected chi connectivity index (χ0v) is 19.1. The quantitative estimate of drug-likeness (QED) is 0.418. The molecule has 0 radical (unpaired) electrons. The Morgan fingerprint density at radius 1 is 1.00 bits per heavy atom. The van der Waals surface area contributed by atoms with E-state index < -0.39 is 17.5 Å². The van der Waals surface area contributed by atoms with Crippen LogP contribution >= 0.6 is 0 Å². The lowest BCUT2D eigenvalue weighted by molar-refractivity contribution is -0.125. The molecular formula is C26H22F3N5O2. The molecule has 0 unspecified atom stereocenters. The van der Waals surface area contributed by atoms with Gasteiger partial charge in [0.2, 0.25) is 11.7 Å². The van der Waals surface area contributed by atoms with E-state index >= 15 is 0 Å². The maximum Gasteiger partial charge on any atom is 0.261 e. The number of hydrogen-bond donors (Lipinski definition) is 1. The van der Waals surface area contributed by atoms with Gasteiger partial charge in [0.1, 0.15) is 23.3 Å². The second kappa shape index (κ2) is 10.2. The summed E-state index contributed by atoms with van der Waals surface area (Å²) >= 11 is 0. The average Bonchev–Trinajstić information content (AvgIpc) is 3.37. The van der Waals surface area contributed by atoms with Crippen LogP contribution in [0, 0.1) is 23.4 Å². The Morgan fingerprint density at radius 2 is 1.78 bits per heavy atom. The van der Waals surface area contributed by atoms with Crippen molar-refractivity contribution in [3.63, 3.8) is 0 Å². The highest BCUT2D eigenvalue weighted by Gasteiger charge is 2.28. The van der Waals surface area contributed by atoms with Crippen molar-refractivity contribution in [2.45, 2.75) is 19.4 Å². The molecule has 36 heavy (non-hydrogen) atoms. The molecule has 0 spiro atoms. The average molecular weight is 493 g/mol. The second-order valence-corrected chi connectivity index (χ2v) is 8.56. The first-order valence-electron chi connectivity index (χ1n) is 11.5. The van der Waals surface area contributed by atoms with Crippen LogP contribution in [-0.2, 0) is 11.3 Å². The van der Waals surface area contributed by atoms with Crippen molar-refractivity contribution in [1.82, 2.24) is 20.4 Å². The van der Waals surface area contributed by atoms with E-state index in [0.29, 0.717) is 48.4 Å². The van der Waals surface area contributed by atoms with Gasteiger partial charge in [-0.3, -0.25) is 4.79 Å². The summed E-state index contributed by atoms with van der Waals surface area (Å²) in [4.78, 5) is 23.6. The van der Waals surface area contributed by atoms with Gasteiger partial charge in [-0.15, -0.1) is 0 Å². The number of benzene rings is 2. The molecule has 0 aliphatic carbocycles. The number of pyridine rings is 1. The summed E-state index contributed by atoms with van der Waals surface area (Å²) in [6, 6.07) is 12.7. The Morgan fingerprint density at radius 3 is 2.53 bits per heavy atom. The van der Waals surface area contributed by atoms with E-state index in [1.54, 1.807) is 24.4 Å². The van der Waals surface area contributed by atoms with Crippen molar-refractivity contribution in [2.24, 2.45) is 5.92 Å². The van der Waals surface area contributed by atoms with Crippen molar-refractivity contribution in [3.8, 4) is 22.8 Å². The summed E-state index contributed by atoms with van der Waals surface area (Å²) in [5.41, 5.74) is 1.51. The molecule has 184 valence electrons. The molecule has 0 saturated carbocycles. The normalized spacial score (nSPS) is 14.1. The smallest absolute Gasteiger partial charge is 0.261 e. The van der Waals surface area contributed by atoms with Gasteiger partial charge in [-0.2, -0.15) is 4.98 Å². The van der Waals surface area contributed by atoms with Crippen LogP contribution < -0.4 is 10.2 Å². The van der Waals surface area contributed by atoms with Crippen LogP contribution in [0.4, 0.5) is 19.0 Å². The Labute approximate surface area is 205 Å². The molecule has 1 fully saturated rings. The van der Waals surface area contributed by atoms with Gasteiger partial charge in [-0.1, -0.05) is 17.3 Å². The van der Waals surface area contributed by atoms with E-state index in [4.69, 9.17) is 4.52 Å². The fourth-order valence-electron chi connectivity index (χ4n) is 4.29. The summed E-state index contributed by atoms with van der Waals surface area (Å²) in [7, 11) is 0. The van der Waals surface area contributed by atoms with Crippen LogP contribution in [0.5, 0.6) is 0 Å². The number of carbonyl (C=O) groups is 1. The summed E-state index contributed by atoms with van der Waals surface area (Å²) in [5.74, 6) is -0.942. The number of nitrogens with zero attached hydrogens (tertiary/aromatic N) is 4. The Balaban J connectivity index is 1.24. The summed E-state index contributed by atoms with van der Waals surface area (Å²) in [5, 5.41) is 6.75. The fourth-order valence-corrected chi connectivity index (χ4v) is 4.29. The number of rotatable bonds is 6. The maximum atomic E-state index is 13.6. The molecule has 1 saturated heterocycles. The van der Waals surface area contributed by atoms with E-state index in [1.165, 1.54) is 24.3 Å². The van der Waals surface area contributed by atoms with Crippen LogP contribution in [0.2, 0.25) is 0 Å². The lowest BCUT2D eigenvalue weighted by atomic mass is 9.95. The fraction of sp³-hybridized carbons (Fsp3) is 0.231. The predicted molar refractivity (Wildman–Crippen MR) is 126 cm³/mol. The molecule has 0 atom stereocenters. The lowest BCUT2D eigenvalue weighted by Gasteiger charge is -2.32. The van der Waals surface area contributed by atoms with Gasteiger partial charge in [0, 0.05) is 43.4 Å². The largest absolute Gasteiger partial charge is 0.356 e. The second-order valence-electron chi connectivity index (χ2n) is 8.56. The van der Waals surface area contributed by atoms with Gasteiger partial charge < -0.3 is 14.7 Å². The Kier molecular flexibility index (Phi) is 6.66. The molecule has 1 aliphatic heterocycles. The molecule has 4 aromatic rings. The third kappa shape index (κ3) is 5.22. The van der Waals surface area contributed by atoms with Crippen LogP contribution in [0.3, 0.4) is 0 Å². The minimum absolute atomic E-state index is 0.0585. The van der Waals surface area contributed by atoms with Gasteiger partial charge in [-0.25, -0.2) is 18.2 Å². The van der Waals surface area contributed by atoms with Gasteiger partial charge in [-0.05, 0) is 54.8 Å². The topological polar surface area (TPSA) is 84.2 Å². The molecule has 1 aliphatic rings. The molecule has 1 N–H and O–H groups in total. The van der Waals surface area contributed by atoms with Gasteiger partial charge in [0.25, 0.3) is 5.89 Å². The number of hydrogen-bond acceptors (Lipinski definition) is 6. The lowest BCUT2D eigenvalue weighted by Crippen LogP contribution is -2.40. The first-order chi connectivity index (χ1) is 17.5. The molecule has 2 aromatic heterocycles. The van der Waals surface area contributed by atoms with Crippen molar-refractivity contribution < 1.29 is 22.5 Å². The van der Waals surface area contributed by atoms with Crippen molar-refractivity contribution >= 4 is 11.7 Å². The highest BCUT2D eigenvalue weighted by Crippen LogP contribution is 2.32. The highest BCUT2D eigenvalue weighted by atomic mass is 19.1. The van der Waals surface area contributed by atoms with Crippen LogP contribution in [0.15, 0.2) is 65.3 Å². The first-order valence-corrected chi connectivity index (χ1v) is 11.5. The molecule has 10 heteroatoms. The number of anilines is 1. The van der Waals surface area contributed by atoms with Crippen LogP contribution in [0.1, 0.15) is 18.4 Å². The Bertz CT molecular complexity index is 1370. The number of halogens is 3. The zero-order chi connectivity index (χ0) is 25.1. The molecule has 1 amide bonds. The van der Waals surface area contributed by atoms with E-state index in [-0.39, 0.29) is 30.1 Å². The molecule has 3 heterocycles. The van der Waals surface area contributed by atoms with E-state index in [1.807, 2.05) is 11.0 Å². The monoisotopic (exact) mass is 493 g/mol. The number of piperidine rings is 1. The third-order valence-corrected chi connectivity index (χ3v) is 6.08. The van der Waals surface area contributed by atoms with E-state index in [9.17, 15) is 18.0 Å². The van der Waals surface area contributed by atoms with Crippen molar-refractivity contribution in [1.29, 1.82) is 0 Å². The first kappa shape index (κ1) is 23.5. The molecular weight excluding hydrogens is 471 g/mol. The molecule has 5 rings (SSSR count). The molecule has 2 aromatic carbocycles. The van der Waals surface area contributed by atoms with Crippen LogP contribution in [-0.4, -0.2) is 34.1 Å². The van der Waals surface area contributed by atoms with E-state index in [2.05, 4.69) is 20.4 Å².